The molecule has 5 heterocycles. The molecule has 3 fully saturated rings. The first-order chi connectivity index (χ1) is 38.4. The van der Waals surface area contributed by atoms with Crippen molar-refractivity contribution in [3.63, 3.8) is 0 Å². The molecular weight excluding hydrogens is 1090 g/mol. The van der Waals surface area contributed by atoms with Crippen LogP contribution in [0.4, 0.5) is 5.69 Å². The zero-order valence-corrected chi connectivity index (χ0v) is 51.5. The van der Waals surface area contributed by atoms with E-state index in [2.05, 4.69) is 10.6 Å². The number of aliphatic hydroxyl groups excluding tert-OH is 2. The molecule has 0 amide bonds. The van der Waals surface area contributed by atoms with Crippen LogP contribution in [0.15, 0.2) is 23.1 Å². The van der Waals surface area contributed by atoms with Gasteiger partial charge in [-0.3, -0.25) is 18.6 Å². The molecule has 2 aromatic rings. The number of nitrogens with zero attached hydrogens (tertiary/aromatic N) is 2. The number of ketones is 1. The number of carbonyl (C=O) groups is 3. The van der Waals surface area contributed by atoms with E-state index in [9.17, 15) is 48.0 Å². The molecule has 0 bridgehead atoms. The lowest BCUT2D eigenvalue weighted by molar-refractivity contribution is -0.317. The number of pyridine rings is 1. The summed E-state index contributed by atoms with van der Waals surface area (Å²) in [7, 11) is 2.40. The molecule has 6 rings (SSSR count). The first-order valence-corrected chi connectivity index (χ1v) is 30.5. The number of carbonyl (C=O) groups excluding carboxylic acids is 2. The predicted molar refractivity (Wildman–Crippen MR) is 304 cm³/mol. The highest BCUT2D eigenvalue weighted by molar-refractivity contribution is 7.86. The number of benzene rings is 1. The van der Waals surface area contributed by atoms with Gasteiger partial charge in [0.05, 0.1) is 72.1 Å². The van der Waals surface area contributed by atoms with Crippen molar-refractivity contribution in [1.82, 2.24) is 14.8 Å². The Labute approximate surface area is 483 Å². The molecule has 1 unspecified atom stereocenters. The number of carboxylic acid groups (broad SMARTS) is 1. The number of carboxylic acids is 1. The van der Waals surface area contributed by atoms with E-state index in [1.165, 1.54) is 34.3 Å². The van der Waals surface area contributed by atoms with E-state index in [4.69, 9.17) is 42.1 Å². The maximum atomic E-state index is 14.6. The van der Waals surface area contributed by atoms with Gasteiger partial charge < -0.3 is 78.4 Å². The molecule has 3 saturated heterocycles. The molecule has 24 heteroatoms. The van der Waals surface area contributed by atoms with Crippen molar-refractivity contribution in [3.05, 3.63) is 39.7 Å². The van der Waals surface area contributed by atoms with Crippen LogP contribution in [0.25, 0.3) is 10.9 Å². The summed E-state index contributed by atoms with van der Waals surface area (Å²) in [6.45, 7) is 20.0. The van der Waals surface area contributed by atoms with Gasteiger partial charge in [0.2, 0.25) is 5.43 Å². The number of likely N-dealkylation sites (N-methyl/N-ethyl adjacent to an activating group) is 1. The van der Waals surface area contributed by atoms with Crippen LogP contribution in [0.2, 0.25) is 0 Å². The van der Waals surface area contributed by atoms with Crippen LogP contribution in [0.1, 0.15) is 130 Å². The number of aryl methyl sites for hydroxylation is 1. The largest absolute Gasteiger partial charge is 0.477 e. The quantitative estimate of drug-likeness (QED) is 0.0584. The summed E-state index contributed by atoms with van der Waals surface area (Å²) in [5, 5.41) is 51.8. The monoisotopic (exact) mass is 1180 g/mol. The zero-order chi connectivity index (χ0) is 61.0. The minimum Gasteiger partial charge on any atom is -0.477 e. The van der Waals surface area contributed by atoms with Gasteiger partial charge in [0.1, 0.15) is 35.3 Å². The molecule has 4 aliphatic rings. The maximum absolute atomic E-state index is 14.6. The van der Waals surface area contributed by atoms with Gasteiger partial charge in [-0.2, -0.15) is 8.42 Å². The first kappa shape index (κ1) is 67.4. The van der Waals surface area contributed by atoms with Crippen molar-refractivity contribution in [1.29, 1.82) is 0 Å². The summed E-state index contributed by atoms with van der Waals surface area (Å²) >= 11 is 0. The number of methoxy groups -OCH3 is 2. The molecule has 4 aliphatic heterocycles. The van der Waals surface area contributed by atoms with Crippen molar-refractivity contribution in [2.24, 2.45) is 23.7 Å². The summed E-state index contributed by atoms with van der Waals surface area (Å²) in [6.07, 6.45) is -7.59. The zero-order valence-electron chi connectivity index (χ0n) is 50.7. The van der Waals surface area contributed by atoms with E-state index in [1.807, 2.05) is 37.4 Å². The minimum atomic E-state index is -4.20. The van der Waals surface area contributed by atoms with Crippen LogP contribution >= 0.6 is 0 Å². The number of esters is 1. The Hall–Kier alpha value is -3.73. The molecular formula is C58H94N4O19S. The number of rotatable bonds is 21. The fourth-order valence-electron chi connectivity index (χ4n) is 12.7. The number of hydrogen-bond donors (Lipinski definition) is 6. The van der Waals surface area contributed by atoms with Gasteiger partial charge in [0.25, 0.3) is 10.1 Å². The number of anilines is 1. The van der Waals surface area contributed by atoms with E-state index in [0.717, 1.165) is 29.6 Å². The highest BCUT2D eigenvalue weighted by Crippen LogP contribution is 2.43. The summed E-state index contributed by atoms with van der Waals surface area (Å²) in [4.78, 5) is 55.5. The number of aromatic nitrogens is 1. The molecule has 1 aromatic carbocycles. The molecule has 82 heavy (non-hydrogen) atoms. The fraction of sp³-hybridized carbons (Fsp3) is 0.793. The number of Topliss-reactive ketones (excluding diaryl/α,β-unsaturated/α-hetero) is 1. The highest BCUT2D eigenvalue weighted by atomic mass is 32.2. The summed E-state index contributed by atoms with van der Waals surface area (Å²) in [5.74, 6) is -6.67. The van der Waals surface area contributed by atoms with Gasteiger partial charge in [-0.15, -0.1) is 0 Å². The van der Waals surface area contributed by atoms with Crippen LogP contribution in [0, 0.1) is 23.7 Å². The third-order valence-electron chi connectivity index (χ3n) is 17.8. The molecule has 0 saturated carbocycles. The highest BCUT2D eigenvalue weighted by Gasteiger charge is 2.55. The van der Waals surface area contributed by atoms with Crippen LogP contribution in [0.3, 0.4) is 0 Å². The second kappa shape index (κ2) is 27.8. The Bertz CT molecular complexity index is 2690. The Morgan fingerprint density at radius 3 is 2.18 bits per heavy atom. The third-order valence-corrected chi connectivity index (χ3v) is 19.0. The Kier molecular flexibility index (Phi) is 22.8. The van der Waals surface area contributed by atoms with Gasteiger partial charge in [-0.1, -0.05) is 27.7 Å². The Morgan fingerprint density at radius 2 is 1.55 bits per heavy atom. The molecule has 1 aromatic heterocycles. The molecule has 0 spiro atoms. The molecule has 23 nitrogen and oxygen atoms in total. The molecule has 466 valence electrons. The van der Waals surface area contributed by atoms with Crippen LogP contribution in [0.5, 0.6) is 0 Å². The van der Waals surface area contributed by atoms with E-state index in [1.54, 1.807) is 60.6 Å². The second-order valence-corrected chi connectivity index (χ2v) is 25.9. The Morgan fingerprint density at radius 1 is 0.890 bits per heavy atom. The number of cyclic esters (lactones) is 1. The lowest BCUT2D eigenvalue weighted by Gasteiger charge is -2.50. The first-order valence-electron chi connectivity index (χ1n) is 28.9. The van der Waals surface area contributed by atoms with E-state index in [0.29, 0.717) is 31.5 Å². The van der Waals surface area contributed by atoms with Crippen LogP contribution < -0.4 is 16.1 Å². The molecule has 19 atom stereocenters. The normalized spacial score (nSPS) is 37.2. The van der Waals surface area contributed by atoms with E-state index in [-0.39, 0.29) is 61.9 Å². The molecule has 0 radical (unpaired) electrons. The van der Waals surface area contributed by atoms with Gasteiger partial charge in [-0.05, 0) is 112 Å². The lowest BCUT2D eigenvalue weighted by Crippen LogP contribution is -2.62. The number of aliphatic hydroxyl groups is 3. The average molecular weight is 1180 g/mol. The van der Waals surface area contributed by atoms with Crippen LogP contribution in [-0.4, -0.2) is 207 Å². The van der Waals surface area contributed by atoms with Crippen molar-refractivity contribution in [2.45, 2.75) is 205 Å². The van der Waals surface area contributed by atoms with E-state index < -0.39 is 129 Å². The SMILES string of the molecule is CC[C@H]1OC(=O)[C@H](C)[C@@H](O[C@H]2C[C@@](C)(OC)[C@@H](OS(=O)(=O)CCNCCOCCNc3ccc4c(=O)c(C(=O)O)cn5c4c3CCC5C)[C@H](C)O2)[C@H](C)[C@@H](O[C@@H]2O[C@H](C)C[C@H](N(C)C)[C@H]2O)[C@](C)(OC)C[C@@H](C)C(=O)[C@H](C)[C@@H](O)[C@]1(C)O. The summed E-state index contributed by atoms with van der Waals surface area (Å²) < 4.78 is 85.9. The van der Waals surface area contributed by atoms with Crippen molar-refractivity contribution >= 4 is 44.4 Å². The number of ether oxygens (including phenoxy) is 8. The molecule has 0 aliphatic carbocycles. The summed E-state index contributed by atoms with van der Waals surface area (Å²) in [5.41, 5.74) is -3.00. The fourth-order valence-corrected chi connectivity index (χ4v) is 13.9. The number of nitrogens with one attached hydrogen (secondary N) is 2. The van der Waals surface area contributed by atoms with Crippen molar-refractivity contribution in [3.8, 4) is 0 Å². The maximum Gasteiger partial charge on any atom is 0.341 e. The van der Waals surface area contributed by atoms with Gasteiger partial charge in [0, 0.05) is 87.4 Å². The average Bonchev–Trinajstić information content (AvgIpc) is 3.48. The Balaban J connectivity index is 1.13. The minimum absolute atomic E-state index is 0.0267. The molecule has 6 N–H and O–H groups in total. The lowest BCUT2D eigenvalue weighted by atomic mass is 9.74. The number of hydrogen-bond acceptors (Lipinski definition) is 21. The van der Waals surface area contributed by atoms with Gasteiger partial charge in [-0.25, -0.2) is 4.79 Å². The third kappa shape index (κ3) is 14.9. The van der Waals surface area contributed by atoms with E-state index >= 15 is 0 Å². The second-order valence-electron chi connectivity index (χ2n) is 24.2. The van der Waals surface area contributed by atoms with Crippen molar-refractivity contribution in [2.75, 3.05) is 72.2 Å². The van der Waals surface area contributed by atoms with Gasteiger partial charge in [0.15, 0.2) is 12.6 Å². The number of aromatic carboxylic acids is 1. The standard InChI is InChI=1S/C58H94N4O19S/c1-16-43-58(11,70)50(66)34(5)46(63)31(2)28-56(9,73-14)51(80-55-48(65)42(61(12)13)27-33(4)76-55)35(6)49(36(7)54(69)78-43)79-44-29-57(10,74-15)52(37(8)77-44)81-82(71,72)26-23-59-21-24-75-25-22-60-41-20-19-39-45-38(41)18-17-32(3)62(45)30-40(47(39)64)53(67)68/h19-20,30-37,42-44,48-52,55,59-60,65-66,70H,16-18,21-29H2,1-15H3,(H,67,68)/t31-,32?,33-,34+,35+,36-,37+,42+,43-,44+,48-,49+,50-,51-,52+,55+,56-,57-,58-/m1/s1. The van der Waals surface area contributed by atoms with Crippen molar-refractivity contribution < 1.29 is 85.3 Å². The summed E-state index contributed by atoms with van der Waals surface area (Å²) in [6, 6.07) is 3.12. The predicted octanol–water partition coefficient (Wildman–Crippen LogP) is 4.03. The van der Waals surface area contributed by atoms with Crippen LogP contribution in [-0.2, 0) is 68.2 Å². The topological polar surface area (TPSA) is 299 Å². The van der Waals surface area contributed by atoms with Gasteiger partial charge >= 0.3 is 11.9 Å². The smallest absolute Gasteiger partial charge is 0.341 e.